The summed E-state index contributed by atoms with van der Waals surface area (Å²) in [7, 11) is 0. The molecule has 1 fully saturated rings. The van der Waals surface area contributed by atoms with Gasteiger partial charge in [-0.25, -0.2) is 4.79 Å². The van der Waals surface area contributed by atoms with Gasteiger partial charge in [0.2, 0.25) is 0 Å². The van der Waals surface area contributed by atoms with Gasteiger partial charge in [0, 0.05) is 12.6 Å². The second-order valence-corrected chi connectivity index (χ2v) is 8.17. The first-order valence-electron chi connectivity index (χ1n) is 11.5. The third-order valence-electron chi connectivity index (χ3n) is 5.64. The van der Waals surface area contributed by atoms with Crippen molar-refractivity contribution in [3.05, 3.63) is 32.6 Å². The molecule has 0 aromatic carbocycles. The number of nitrogens with one attached hydrogen (secondary N) is 1. The summed E-state index contributed by atoms with van der Waals surface area (Å²) >= 11 is 0. The summed E-state index contributed by atoms with van der Waals surface area (Å²) in [6.45, 7) is 1.72. The molecular formula is C23H36N2O6. The zero-order valence-corrected chi connectivity index (χ0v) is 18.4. The van der Waals surface area contributed by atoms with E-state index < -0.39 is 42.4 Å². The molecule has 0 bridgehead atoms. The van der Waals surface area contributed by atoms with Crippen LogP contribution in [-0.2, 0) is 4.74 Å². The quantitative estimate of drug-likeness (QED) is 0.293. The van der Waals surface area contributed by atoms with Crippen LogP contribution in [0.2, 0.25) is 0 Å². The highest BCUT2D eigenvalue weighted by atomic mass is 16.6. The van der Waals surface area contributed by atoms with Gasteiger partial charge in [0.15, 0.2) is 6.23 Å². The number of unbranched alkanes of at least 4 members (excludes halogenated alkanes) is 10. The molecule has 1 aliphatic heterocycles. The van der Waals surface area contributed by atoms with E-state index in [0.29, 0.717) is 6.42 Å². The molecule has 8 nitrogen and oxygen atoms in total. The Balaban J connectivity index is 1.82. The molecular weight excluding hydrogens is 400 g/mol. The Labute approximate surface area is 183 Å². The van der Waals surface area contributed by atoms with Gasteiger partial charge in [0.25, 0.3) is 5.56 Å². The Morgan fingerprint density at radius 3 is 2.19 bits per heavy atom. The van der Waals surface area contributed by atoms with Crippen molar-refractivity contribution in [1.29, 1.82) is 0 Å². The molecule has 0 unspecified atom stereocenters. The average Bonchev–Trinajstić information content (AvgIpc) is 3.04. The summed E-state index contributed by atoms with van der Waals surface area (Å²) in [4.78, 5) is 26.3. The molecule has 4 N–H and O–H groups in total. The predicted molar refractivity (Wildman–Crippen MR) is 118 cm³/mol. The molecule has 1 aromatic rings. The van der Waals surface area contributed by atoms with Crippen LogP contribution in [0, 0.1) is 11.8 Å². The van der Waals surface area contributed by atoms with Crippen molar-refractivity contribution < 1.29 is 20.1 Å². The van der Waals surface area contributed by atoms with Crippen molar-refractivity contribution in [3.8, 4) is 11.8 Å². The molecule has 2 rings (SSSR count). The number of aromatic nitrogens is 2. The molecule has 174 valence electrons. The number of aliphatic hydroxyl groups excluding tert-OH is 3. The normalized spacial score (nSPS) is 23.0. The number of rotatable bonds is 12. The van der Waals surface area contributed by atoms with E-state index in [1.807, 2.05) is 0 Å². The van der Waals surface area contributed by atoms with E-state index in [2.05, 4.69) is 23.7 Å². The fraction of sp³-hybridized carbons (Fsp3) is 0.739. The van der Waals surface area contributed by atoms with Crippen molar-refractivity contribution in [1.82, 2.24) is 9.55 Å². The molecule has 0 aliphatic carbocycles. The number of H-pyrrole nitrogens is 1. The highest BCUT2D eigenvalue weighted by Gasteiger charge is 2.43. The standard InChI is InChI=1S/C23H36N2O6/c1-2-3-4-5-6-7-8-9-10-11-12-13-14-17-15-25(23(30)24-21(17)29)22-20(28)19(27)18(16-26)31-22/h15,18-20,22,26-28H,2-12,16H2,1H3,(H,24,29,30)/t18-,19-,20-,22-/m1/s1. The first kappa shape index (κ1) is 25.3. The van der Waals surface area contributed by atoms with Gasteiger partial charge in [-0.2, -0.15) is 0 Å². The van der Waals surface area contributed by atoms with Crippen LogP contribution in [0.5, 0.6) is 0 Å². The van der Waals surface area contributed by atoms with Gasteiger partial charge in [-0.05, 0) is 6.42 Å². The molecule has 31 heavy (non-hydrogen) atoms. The third kappa shape index (κ3) is 7.62. The Morgan fingerprint density at radius 1 is 1.00 bits per heavy atom. The van der Waals surface area contributed by atoms with E-state index in [0.717, 1.165) is 17.4 Å². The Morgan fingerprint density at radius 2 is 1.61 bits per heavy atom. The smallest absolute Gasteiger partial charge is 0.330 e. The minimum absolute atomic E-state index is 0.0874. The lowest BCUT2D eigenvalue weighted by atomic mass is 10.1. The first-order chi connectivity index (χ1) is 15.0. The molecule has 1 aliphatic rings. The second-order valence-electron chi connectivity index (χ2n) is 8.17. The lowest BCUT2D eigenvalue weighted by Crippen LogP contribution is -2.38. The number of hydrogen-bond acceptors (Lipinski definition) is 6. The topological polar surface area (TPSA) is 125 Å². The van der Waals surface area contributed by atoms with Crippen LogP contribution in [0.15, 0.2) is 15.8 Å². The lowest BCUT2D eigenvalue weighted by molar-refractivity contribution is -0.0550. The van der Waals surface area contributed by atoms with E-state index in [4.69, 9.17) is 4.74 Å². The van der Waals surface area contributed by atoms with Gasteiger partial charge in [-0.3, -0.25) is 14.3 Å². The predicted octanol–water partition coefficient (Wildman–Crippen LogP) is 1.81. The highest BCUT2D eigenvalue weighted by Crippen LogP contribution is 2.27. The molecule has 0 amide bonds. The second kappa shape index (κ2) is 13.5. The highest BCUT2D eigenvalue weighted by molar-refractivity contribution is 5.29. The minimum atomic E-state index is -1.41. The summed E-state index contributed by atoms with van der Waals surface area (Å²) in [6.07, 6.45) is 9.29. The van der Waals surface area contributed by atoms with Gasteiger partial charge < -0.3 is 20.1 Å². The van der Waals surface area contributed by atoms with Crippen LogP contribution in [0.4, 0.5) is 0 Å². The number of aliphatic hydroxyl groups is 3. The molecule has 0 spiro atoms. The maximum Gasteiger partial charge on any atom is 0.330 e. The molecule has 2 heterocycles. The molecule has 8 heteroatoms. The van der Waals surface area contributed by atoms with E-state index in [1.165, 1.54) is 57.6 Å². The molecule has 0 radical (unpaired) electrons. The third-order valence-corrected chi connectivity index (χ3v) is 5.64. The fourth-order valence-electron chi connectivity index (χ4n) is 3.73. The maximum absolute atomic E-state index is 12.1. The molecule has 1 aromatic heterocycles. The summed E-state index contributed by atoms with van der Waals surface area (Å²) in [5, 5.41) is 29.2. The SMILES string of the molecule is CCCCCCCCCCCCC#Cc1cn([C@@H]2O[C@H](CO)[C@@H](O)[C@H]2O)c(=O)[nH]c1=O. The van der Waals surface area contributed by atoms with Gasteiger partial charge in [-0.1, -0.05) is 76.6 Å². The van der Waals surface area contributed by atoms with E-state index >= 15 is 0 Å². The summed E-state index contributed by atoms with van der Waals surface area (Å²) in [5.74, 6) is 5.75. The number of aromatic amines is 1. The Kier molecular flexibility index (Phi) is 11.0. The Hall–Kier alpha value is -1.92. The molecule has 4 atom stereocenters. The number of nitrogens with zero attached hydrogens (tertiary/aromatic N) is 1. The lowest BCUT2D eigenvalue weighted by Gasteiger charge is -2.17. The average molecular weight is 437 g/mol. The van der Waals surface area contributed by atoms with Crippen LogP contribution in [-0.4, -0.2) is 49.8 Å². The monoisotopic (exact) mass is 436 g/mol. The van der Waals surface area contributed by atoms with Crippen LogP contribution in [0.25, 0.3) is 0 Å². The van der Waals surface area contributed by atoms with E-state index in [1.54, 1.807) is 0 Å². The van der Waals surface area contributed by atoms with Gasteiger partial charge in [-0.15, -0.1) is 0 Å². The minimum Gasteiger partial charge on any atom is -0.394 e. The number of hydrogen-bond donors (Lipinski definition) is 4. The maximum atomic E-state index is 12.1. The van der Waals surface area contributed by atoms with Crippen molar-refractivity contribution in [2.45, 2.75) is 102 Å². The summed E-state index contributed by atoms with van der Waals surface area (Å²) < 4.78 is 6.35. The fourth-order valence-corrected chi connectivity index (χ4v) is 3.73. The van der Waals surface area contributed by atoms with E-state index in [-0.39, 0.29) is 5.56 Å². The van der Waals surface area contributed by atoms with Gasteiger partial charge >= 0.3 is 5.69 Å². The van der Waals surface area contributed by atoms with Crippen LogP contribution < -0.4 is 11.2 Å². The Bertz CT molecular complexity index is 837. The zero-order chi connectivity index (χ0) is 22.6. The van der Waals surface area contributed by atoms with Crippen molar-refractivity contribution in [3.63, 3.8) is 0 Å². The van der Waals surface area contributed by atoms with Gasteiger partial charge in [0.1, 0.15) is 23.9 Å². The zero-order valence-electron chi connectivity index (χ0n) is 18.4. The molecule has 1 saturated heterocycles. The first-order valence-corrected chi connectivity index (χ1v) is 11.5. The van der Waals surface area contributed by atoms with Crippen molar-refractivity contribution in [2.75, 3.05) is 6.61 Å². The van der Waals surface area contributed by atoms with Crippen molar-refractivity contribution in [2.24, 2.45) is 0 Å². The summed E-state index contributed by atoms with van der Waals surface area (Å²) in [5.41, 5.74) is -1.30. The molecule has 0 saturated carbocycles. The summed E-state index contributed by atoms with van der Waals surface area (Å²) in [6, 6.07) is 0. The largest absolute Gasteiger partial charge is 0.394 e. The van der Waals surface area contributed by atoms with Crippen LogP contribution in [0.3, 0.4) is 0 Å². The number of ether oxygens (including phenoxy) is 1. The van der Waals surface area contributed by atoms with Crippen LogP contribution in [0.1, 0.15) is 89.3 Å². The van der Waals surface area contributed by atoms with Crippen LogP contribution >= 0.6 is 0 Å². The van der Waals surface area contributed by atoms with Crippen molar-refractivity contribution >= 4 is 0 Å². The van der Waals surface area contributed by atoms with Gasteiger partial charge in [0.05, 0.1) is 6.61 Å². The van der Waals surface area contributed by atoms with E-state index in [9.17, 15) is 24.9 Å².